The van der Waals surface area contributed by atoms with Gasteiger partial charge in [0.1, 0.15) is 24.4 Å². The van der Waals surface area contributed by atoms with Crippen LogP contribution < -0.4 is 0 Å². The number of hydrogen-bond acceptors (Lipinski definition) is 9. The van der Waals surface area contributed by atoms with Crippen molar-refractivity contribution in [2.24, 2.45) is 5.29 Å². The SMILES string of the molecule is COCC(C)N(C(=O)N(CCCl)N=O)[C@@H]1O[C@H](CO)[C@H](O)[C@H](O)[C@H]1O. The number of carbonyl (C=O) groups is 1. The van der Waals surface area contributed by atoms with Crippen LogP contribution in [0, 0.1) is 4.91 Å². The fourth-order valence-electron chi connectivity index (χ4n) is 2.57. The third kappa shape index (κ3) is 4.97. The molecule has 0 aromatic heterocycles. The van der Waals surface area contributed by atoms with E-state index in [0.29, 0.717) is 5.01 Å². The number of methoxy groups -OCH3 is 1. The first kappa shape index (κ1) is 22.0. The van der Waals surface area contributed by atoms with Gasteiger partial charge in [0.05, 0.1) is 31.1 Å². The molecule has 1 rings (SSSR count). The quantitative estimate of drug-likeness (QED) is 0.223. The van der Waals surface area contributed by atoms with E-state index < -0.39 is 49.3 Å². The summed E-state index contributed by atoms with van der Waals surface area (Å²) < 4.78 is 10.4. The maximum absolute atomic E-state index is 12.7. The van der Waals surface area contributed by atoms with Gasteiger partial charge in [0.2, 0.25) is 0 Å². The predicted molar refractivity (Wildman–Crippen MR) is 85.6 cm³/mol. The van der Waals surface area contributed by atoms with Gasteiger partial charge in [-0.05, 0) is 6.92 Å². The molecule has 6 atom stereocenters. The van der Waals surface area contributed by atoms with Crippen LogP contribution in [0.1, 0.15) is 6.92 Å². The molecule has 0 saturated carbocycles. The van der Waals surface area contributed by atoms with E-state index in [4.69, 9.17) is 21.1 Å². The van der Waals surface area contributed by atoms with Crippen LogP contribution >= 0.6 is 11.6 Å². The Labute approximate surface area is 149 Å². The van der Waals surface area contributed by atoms with Crippen LogP contribution in [-0.2, 0) is 9.47 Å². The van der Waals surface area contributed by atoms with Crippen molar-refractivity contribution >= 4 is 17.6 Å². The zero-order valence-corrected chi connectivity index (χ0v) is 14.7. The molecular formula is C13H24ClN3O8. The van der Waals surface area contributed by atoms with E-state index in [1.807, 2.05) is 0 Å². The van der Waals surface area contributed by atoms with Crippen molar-refractivity contribution in [3.63, 3.8) is 0 Å². The molecule has 11 nitrogen and oxygen atoms in total. The van der Waals surface area contributed by atoms with Crippen LogP contribution in [-0.4, -0.2) is 106 Å². The molecule has 0 aromatic carbocycles. The maximum Gasteiger partial charge on any atom is 0.345 e. The second-order valence-electron chi connectivity index (χ2n) is 5.61. The van der Waals surface area contributed by atoms with Gasteiger partial charge in [0.15, 0.2) is 6.23 Å². The van der Waals surface area contributed by atoms with Crippen molar-refractivity contribution in [2.45, 2.75) is 43.6 Å². The molecule has 1 heterocycles. The molecule has 0 bridgehead atoms. The van der Waals surface area contributed by atoms with Crippen LogP contribution in [0.5, 0.6) is 0 Å². The molecule has 0 aromatic rings. The van der Waals surface area contributed by atoms with Gasteiger partial charge in [0, 0.05) is 13.0 Å². The second-order valence-corrected chi connectivity index (χ2v) is 5.99. The first-order valence-corrected chi connectivity index (χ1v) is 8.15. The summed E-state index contributed by atoms with van der Waals surface area (Å²) in [4.78, 5) is 24.5. The Morgan fingerprint density at radius 2 is 1.96 bits per heavy atom. The lowest BCUT2D eigenvalue weighted by Crippen LogP contribution is -2.66. The predicted octanol–water partition coefficient (Wildman–Crippen LogP) is -1.53. The summed E-state index contributed by atoms with van der Waals surface area (Å²) in [6.45, 7) is 0.748. The number of halogens is 1. The first-order valence-electron chi connectivity index (χ1n) is 7.62. The van der Waals surface area contributed by atoms with Crippen molar-refractivity contribution in [1.29, 1.82) is 0 Å². The molecular weight excluding hydrogens is 362 g/mol. The van der Waals surface area contributed by atoms with Crippen molar-refractivity contribution < 1.29 is 34.7 Å². The molecule has 0 spiro atoms. The highest BCUT2D eigenvalue weighted by molar-refractivity contribution is 6.18. The van der Waals surface area contributed by atoms with Gasteiger partial charge in [-0.3, -0.25) is 4.90 Å². The number of ether oxygens (including phenoxy) is 2. The summed E-state index contributed by atoms with van der Waals surface area (Å²) in [7, 11) is 1.39. The number of nitroso groups, excluding NO2 is 1. The topological polar surface area (TPSA) is 152 Å². The normalized spacial score (nSPS) is 30.6. The molecule has 0 radical (unpaired) electrons. The number of alkyl halides is 1. The Morgan fingerprint density at radius 3 is 2.44 bits per heavy atom. The van der Waals surface area contributed by atoms with Crippen molar-refractivity contribution in [3.8, 4) is 0 Å². The van der Waals surface area contributed by atoms with Crippen LogP contribution in [0.3, 0.4) is 0 Å². The summed E-state index contributed by atoms with van der Waals surface area (Å²) in [5, 5.41) is 42.5. The Bertz CT molecular complexity index is 443. The number of aliphatic hydroxyl groups is 4. The molecule has 2 amide bonds. The number of hydrogen-bond donors (Lipinski definition) is 4. The molecule has 1 fully saturated rings. The molecule has 1 aliphatic heterocycles. The summed E-state index contributed by atoms with van der Waals surface area (Å²) in [6.07, 6.45) is -7.60. The van der Waals surface area contributed by atoms with Crippen LogP contribution in [0.15, 0.2) is 5.29 Å². The largest absolute Gasteiger partial charge is 0.394 e. The Kier molecular flexibility index (Phi) is 8.93. The number of nitrogens with zero attached hydrogens (tertiary/aromatic N) is 3. The summed E-state index contributed by atoms with van der Waals surface area (Å²) in [6, 6.07) is -1.62. The fourth-order valence-corrected chi connectivity index (χ4v) is 2.73. The third-order valence-electron chi connectivity index (χ3n) is 3.86. The molecule has 1 saturated heterocycles. The van der Waals surface area contributed by atoms with Crippen molar-refractivity contribution in [3.05, 3.63) is 4.91 Å². The Balaban J connectivity index is 3.17. The zero-order chi connectivity index (χ0) is 19.1. The smallest absolute Gasteiger partial charge is 0.345 e. The van der Waals surface area contributed by atoms with Gasteiger partial charge in [-0.1, -0.05) is 0 Å². The monoisotopic (exact) mass is 385 g/mol. The number of urea groups is 1. The second kappa shape index (κ2) is 10.2. The summed E-state index contributed by atoms with van der Waals surface area (Å²) >= 11 is 5.54. The lowest BCUT2D eigenvalue weighted by Gasteiger charge is -2.46. The van der Waals surface area contributed by atoms with Crippen LogP contribution in [0.2, 0.25) is 0 Å². The van der Waals surface area contributed by atoms with Crippen LogP contribution in [0.4, 0.5) is 4.79 Å². The number of carbonyl (C=O) groups excluding carboxylic acids is 1. The highest BCUT2D eigenvalue weighted by Gasteiger charge is 2.48. The molecule has 4 N–H and O–H groups in total. The number of rotatable bonds is 8. The molecule has 1 aliphatic rings. The Hall–Kier alpha value is -1.08. The highest BCUT2D eigenvalue weighted by atomic mass is 35.5. The molecule has 12 heteroatoms. The Morgan fingerprint density at radius 1 is 1.32 bits per heavy atom. The van der Waals surface area contributed by atoms with Gasteiger partial charge in [-0.2, -0.15) is 5.01 Å². The third-order valence-corrected chi connectivity index (χ3v) is 4.03. The van der Waals surface area contributed by atoms with E-state index in [2.05, 4.69) is 5.29 Å². The van der Waals surface area contributed by atoms with E-state index >= 15 is 0 Å². The molecule has 1 unspecified atom stereocenters. The molecule has 0 aliphatic carbocycles. The summed E-state index contributed by atoms with van der Waals surface area (Å²) in [5.74, 6) is -0.0569. The zero-order valence-electron chi connectivity index (χ0n) is 13.9. The minimum atomic E-state index is -1.69. The van der Waals surface area contributed by atoms with Gasteiger partial charge < -0.3 is 29.9 Å². The number of aliphatic hydroxyl groups excluding tert-OH is 4. The van der Waals surface area contributed by atoms with E-state index in [9.17, 15) is 30.1 Å². The van der Waals surface area contributed by atoms with Gasteiger partial charge in [0.25, 0.3) is 0 Å². The van der Waals surface area contributed by atoms with E-state index in [0.717, 1.165) is 4.90 Å². The molecule has 25 heavy (non-hydrogen) atoms. The lowest BCUT2D eigenvalue weighted by atomic mass is 9.97. The van der Waals surface area contributed by atoms with E-state index in [-0.39, 0.29) is 19.0 Å². The average molecular weight is 386 g/mol. The maximum atomic E-state index is 12.7. The minimum absolute atomic E-state index is 0.0222. The van der Waals surface area contributed by atoms with Crippen molar-refractivity contribution in [1.82, 2.24) is 9.91 Å². The van der Waals surface area contributed by atoms with Gasteiger partial charge in [-0.25, -0.2) is 4.79 Å². The number of amides is 2. The summed E-state index contributed by atoms with van der Waals surface area (Å²) in [5.41, 5.74) is 0. The van der Waals surface area contributed by atoms with Crippen molar-refractivity contribution in [2.75, 3.05) is 32.7 Å². The first-order chi connectivity index (χ1) is 11.8. The molecule has 146 valence electrons. The fraction of sp³-hybridized carbons (Fsp3) is 0.923. The van der Waals surface area contributed by atoms with Gasteiger partial charge in [-0.15, -0.1) is 16.5 Å². The lowest BCUT2D eigenvalue weighted by molar-refractivity contribution is -0.263. The van der Waals surface area contributed by atoms with Crippen LogP contribution in [0.25, 0.3) is 0 Å². The average Bonchev–Trinajstić information content (AvgIpc) is 2.59. The van der Waals surface area contributed by atoms with E-state index in [1.165, 1.54) is 7.11 Å². The standard InChI is InChI=1S/C13H24ClN3O8/c1-7(6-24-2)17(13(22)16(15-23)4-3-14)12-11(21)10(20)9(19)8(5-18)25-12/h7-12,18-21H,3-6H2,1-2H3/t7?,8-,9+,10+,11-,12-/m1/s1. The minimum Gasteiger partial charge on any atom is -0.394 e. The van der Waals surface area contributed by atoms with Gasteiger partial charge >= 0.3 is 6.03 Å². The highest BCUT2D eigenvalue weighted by Crippen LogP contribution is 2.26. The van der Waals surface area contributed by atoms with E-state index in [1.54, 1.807) is 6.92 Å².